The summed E-state index contributed by atoms with van der Waals surface area (Å²) in [6.45, 7) is 3.40. The molecule has 0 aliphatic carbocycles. The van der Waals surface area contributed by atoms with Crippen LogP contribution in [0.4, 0.5) is 5.69 Å². The smallest absolute Gasteiger partial charge is 0.308 e. The van der Waals surface area contributed by atoms with Crippen LogP contribution in [0.25, 0.3) is 11.0 Å². The van der Waals surface area contributed by atoms with Gasteiger partial charge in [0.1, 0.15) is 5.69 Å². The van der Waals surface area contributed by atoms with Gasteiger partial charge in [-0.2, -0.15) is 0 Å². The third-order valence-corrected chi connectivity index (χ3v) is 4.36. The van der Waals surface area contributed by atoms with E-state index in [1.807, 2.05) is 0 Å². The van der Waals surface area contributed by atoms with Gasteiger partial charge in [0.15, 0.2) is 5.58 Å². The van der Waals surface area contributed by atoms with Crippen molar-refractivity contribution in [1.29, 1.82) is 0 Å². The van der Waals surface area contributed by atoms with Gasteiger partial charge in [-0.1, -0.05) is 35.5 Å². The van der Waals surface area contributed by atoms with Crippen molar-refractivity contribution >= 4 is 28.5 Å². The highest BCUT2D eigenvalue weighted by atomic mass is 16.6. The lowest BCUT2D eigenvalue weighted by molar-refractivity contribution is -0.385. The fourth-order valence-electron chi connectivity index (χ4n) is 3.13. The van der Waals surface area contributed by atoms with E-state index in [2.05, 4.69) is 10.5 Å². The summed E-state index contributed by atoms with van der Waals surface area (Å²) in [6.07, 6.45) is -0.692. The van der Waals surface area contributed by atoms with Gasteiger partial charge in [-0.25, -0.2) is 0 Å². The quantitative estimate of drug-likeness (QED) is 0.342. The number of carbonyl (C=O) groups excluding carboxylic acids is 2. The second kappa shape index (κ2) is 9.17. The lowest BCUT2D eigenvalue weighted by Gasteiger charge is -2.19. The predicted octanol–water partition coefficient (Wildman–Crippen LogP) is 3.48. The lowest BCUT2D eigenvalue weighted by Crippen LogP contribution is -2.32. The normalized spacial score (nSPS) is 12.0. The molecule has 2 aromatic carbocycles. The molecular formula is C21H21N3O6. The number of carbonyl (C=O) groups is 2. The van der Waals surface area contributed by atoms with Crippen LogP contribution < -0.4 is 5.32 Å². The van der Waals surface area contributed by atoms with Crippen molar-refractivity contribution in [3.8, 4) is 0 Å². The zero-order chi connectivity index (χ0) is 21.7. The number of amides is 1. The number of para-hydroxylation sites is 2. The van der Waals surface area contributed by atoms with Gasteiger partial charge in [0, 0.05) is 11.5 Å². The summed E-state index contributed by atoms with van der Waals surface area (Å²) in [5, 5.41) is 18.8. The van der Waals surface area contributed by atoms with Gasteiger partial charge in [-0.15, -0.1) is 0 Å². The van der Waals surface area contributed by atoms with E-state index in [9.17, 15) is 19.7 Å². The molecule has 1 N–H and O–H groups in total. The average molecular weight is 411 g/mol. The van der Waals surface area contributed by atoms with Crippen molar-refractivity contribution in [2.75, 3.05) is 0 Å². The molecule has 9 heteroatoms. The fraction of sp³-hybridized carbons (Fsp3) is 0.286. The number of rotatable bonds is 8. The number of fused-ring (bicyclic) bond motifs is 1. The van der Waals surface area contributed by atoms with Crippen molar-refractivity contribution < 1.29 is 23.8 Å². The predicted molar refractivity (Wildman–Crippen MR) is 108 cm³/mol. The molecule has 1 amide bonds. The van der Waals surface area contributed by atoms with Crippen LogP contribution in [-0.2, 0) is 20.7 Å². The molecule has 3 aromatic rings. The molecule has 0 bridgehead atoms. The summed E-state index contributed by atoms with van der Waals surface area (Å²) in [5.74, 6) is -1.02. The zero-order valence-electron chi connectivity index (χ0n) is 16.5. The summed E-state index contributed by atoms with van der Waals surface area (Å²) in [4.78, 5) is 35.8. The number of hydrogen-bond acceptors (Lipinski definition) is 7. The Morgan fingerprint density at radius 1 is 1.17 bits per heavy atom. The van der Waals surface area contributed by atoms with E-state index in [1.165, 1.54) is 18.2 Å². The van der Waals surface area contributed by atoms with Crippen LogP contribution >= 0.6 is 0 Å². The zero-order valence-corrected chi connectivity index (χ0v) is 16.5. The summed E-state index contributed by atoms with van der Waals surface area (Å²) >= 11 is 0. The van der Waals surface area contributed by atoms with Crippen LogP contribution in [0.15, 0.2) is 53.1 Å². The van der Waals surface area contributed by atoms with Crippen molar-refractivity contribution in [1.82, 2.24) is 10.5 Å². The van der Waals surface area contributed by atoms with E-state index in [-0.39, 0.29) is 30.2 Å². The Morgan fingerprint density at radius 2 is 1.87 bits per heavy atom. The Kier molecular flexibility index (Phi) is 6.41. The first-order valence-corrected chi connectivity index (χ1v) is 9.40. The number of nitro benzene ring substituents is 1. The minimum atomic E-state index is -0.927. The third-order valence-electron chi connectivity index (χ3n) is 4.36. The molecule has 1 heterocycles. The number of benzene rings is 2. The molecule has 0 saturated heterocycles. The molecule has 0 spiro atoms. The van der Waals surface area contributed by atoms with E-state index in [0.29, 0.717) is 16.7 Å². The van der Waals surface area contributed by atoms with Gasteiger partial charge in [0.05, 0.1) is 35.5 Å². The molecule has 0 fully saturated rings. The van der Waals surface area contributed by atoms with E-state index >= 15 is 0 Å². The molecule has 3 rings (SSSR count). The van der Waals surface area contributed by atoms with E-state index in [0.717, 1.165) is 0 Å². The number of esters is 1. The van der Waals surface area contributed by atoms with E-state index in [1.54, 1.807) is 44.2 Å². The molecule has 156 valence electrons. The molecule has 9 nitrogen and oxygen atoms in total. The SMILES string of the molecule is CC(C)OC(=O)CC(NC(=O)Cc1noc2ccccc12)c1ccccc1[N+](=O)[O-]. The first kappa shape index (κ1) is 21.0. The Balaban J connectivity index is 1.84. The van der Waals surface area contributed by atoms with E-state index in [4.69, 9.17) is 9.26 Å². The van der Waals surface area contributed by atoms with Crippen molar-refractivity contribution in [3.63, 3.8) is 0 Å². The highest BCUT2D eigenvalue weighted by molar-refractivity contribution is 5.86. The van der Waals surface area contributed by atoms with Crippen LogP contribution in [0, 0.1) is 10.1 Å². The monoisotopic (exact) mass is 411 g/mol. The number of ether oxygens (including phenoxy) is 1. The van der Waals surface area contributed by atoms with Crippen LogP contribution in [0.3, 0.4) is 0 Å². The average Bonchev–Trinajstić information content (AvgIpc) is 3.09. The Hall–Kier alpha value is -3.75. The van der Waals surface area contributed by atoms with Crippen LogP contribution in [0.1, 0.15) is 37.6 Å². The van der Waals surface area contributed by atoms with Gasteiger partial charge in [0.2, 0.25) is 5.91 Å². The molecule has 0 saturated carbocycles. The number of aromatic nitrogens is 1. The number of hydrogen-bond donors (Lipinski definition) is 1. The van der Waals surface area contributed by atoms with Gasteiger partial charge >= 0.3 is 5.97 Å². The third kappa shape index (κ3) is 4.99. The fourth-order valence-corrected chi connectivity index (χ4v) is 3.13. The number of nitrogens with one attached hydrogen (secondary N) is 1. The largest absolute Gasteiger partial charge is 0.463 e. The van der Waals surface area contributed by atoms with Crippen molar-refractivity contribution in [2.45, 2.75) is 38.8 Å². The van der Waals surface area contributed by atoms with E-state index < -0.39 is 22.8 Å². The summed E-state index contributed by atoms with van der Waals surface area (Å²) in [6, 6.07) is 12.2. The molecule has 0 radical (unpaired) electrons. The van der Waals surface area contributed by atoms with Crippen molar-refractivity contribution in [3.05, 3.63) is 69.9 Å². The van der Waals surface area contributed by atoms with Crippen LogP contribution in [0.5, 0.6) is 0 Å². The highest BCUT2D eigenvalue weighted by Gasteiger charge is 2.27. The summed E-state index contributed by atoms with van der Waals surface area (Å²) in [7, 11) is 0. The van der Waals surface area contributed by atoms with Gasteiger partial charge in [-0.3, -0.25) is 19.7 Å². The molecule has 0 aliphatic rings. The minimum absolute atomic E-state index is 0.104. The molecule has 30 heavy (non-hydrogen) atoms. The molecular weight excluding hydrogens is 390 g/mol. The first-order chi connectivity index (χ1) is 14.3. The Labute approximate surface area is 172 Å². The van der Waals surface area contributed by atoms with Crippen LogP contribution in [0.2, 0.25) is 0 Å². The van der Waals surface area contributed by atoms with Gasteiger partial charge in [-0.05, 0) is 26.0 Å². The maximum absolute atomic E-state index is 12.7. The van der Waals surface area contributed by atoms with Crippen molar-refractivity contribution in [2.24, 2.45) is 0 Å². The highest BCUT2D eigenvalue weighted by Crippen LogP contribution is 2.28. The van der Waals surface area contributed by atoms with Gasteiger partial charge < -0.3 is 14.6 Å². The number of nitrogens with zero attached hydrogens (tertiary/aromatic N) is 2. The van der Waals surface area contributed by atoms with Gasteiger partial charge in [0.25, 0.3) is 5.69 Å². The maximum Gasteiger partial charge on any atom is 0.308 e. The maximum atomic E-state index is 12.7. The lowest BCUT2D eigenvalue weighted by atomic mass is 10.0. The van der Waals surface area contributed by atoms with Crippen LogP contribution in [-0.4, -0.2) is 28.1 Å². The summed E-state index contributed by atoms with van der Waals surface area (Å²) < 4.78 is 10.4. The standard InChI is InChI=1S/C21H21N3O6/c1-13(2)29-21(26)12-16(14-7-3-5-9-18(14)24(27)28)22-20(25)11-17-15-8-4-6-10-19(15)30-23-17/h3-10,13,16H,11-12H2,1-2H3,(H,22,25). The topological polar surface area (TPSA) is 125 Å². The molecule has 1 aromatic heterocycles. The molecule has 1 unspecified atom stereocenters. The second-order valence-electron chi connectivity index (χ2n) is 6.98. The number of nitro groups is 1. The second-order valence-corrected chi connectivity index (χ2v) is 6.98. The molecule has 0 aliphatic heterocycles. The first-order valence-electron chi connectivity index (χ1n) is 9.40. The minimum Gasteiger partial charge on any atom is -0.463 e. The Bertz CT molecular complexity index is 1080. The Morgan fingerprint density at radius 3 is 2.60 bits per heavy atom. The molecule has 1 atom stereocenters. The summed E-state index contributed by atoms with van der Waals surface area (Å²) in [5.41, 5.74) is 1.03.